The van der Waals surface area contributed by atoms with Gasteiger partial charge in [-0.15, -0.1) is 0 Å². The quantitative estimate of drug-likeness (QED) is 0.839. The highest BCUT2D eigenvalue weighted by molar-refractivity contribution is 4.94. The first-order valence-electron chi connectivity index (χ1n) is 8.39. The Morgan fingerprint density at radius 3 is 2.67 bits per heavy atom. The molecule has 1 aromatic rings. The van der Waals surface area contributed by atoms with Gasteiger partial charge in [0.15, 0.2) is 0 Å². The van der Waals surface area contributed by atoms with Crippen LogP contribution in [0.4, 0.5) is 0 Å². The molecule has 1 aromatic heterocycles. The van der Waals surface area contributed by atoms with Gasteiger partial charge in [0.2, 0.25) is 0 Å². The Kier molecular flexibility index (Phi) is 6.18. The van der Waals surface area contributed by atoms with Crippen LogP contribution in [0.15, 0.2) is 6.33 Å². The molecule has 1 aliphatic carbocycles. The Labute approximate surface area is 128 Å². The van der Waals surface area contributed by atoms with Gasteiger partial charge in [-0.05, 0) is 39.5 Å². The average Bonchev–Trinajstić information content (AvgIpc) is 2.94. The number of hydrogen-bond acceptors (Lipinski definition) is 4. The van der Waals surface area contributed by atoms with Gasteiger partial charge in [-0.2, -0.15) is 5.10 Å². The Morgan fingerprint density at radius 1 is 1.33 bits per heavy atom. The molecule has 2 N–H and O–H groups in total. The molecule has 0 radical (unpaired) electrons. The smallest absolute Gasteiger partial charge is 0.138 e. The Balaban J connectivity index is 2.03. The van der Waals surface area contributed by atoms with Gasteiger partial charge in [0.1, 0.15) is 12.2 Å². The van der Waals surface area contributed by atoms with E-state index in [-0.39, 0.29) is 12.1 Å². The summed E-state index contributed by atoms with van der Waals surface area (Å²) in [7, 11) is 0. The molecule has 5 heteroatoms. The lowest BCUT2D eigenvalue weighted by Crippen LogP contribution is -2.44. The van der Waals surface area contributed by atoms with Crippen LogP contribution >= 0.6 is 0 Å². The minimum Gasteiger partial charge on any atom is -0.377 e. The van der Waals surface area contributed by atoms with Crippen molar-refractivity contribution < 1.29 is 4.74 Å². The molecule has 2 unspecified atom stereocenters. The second-order valence-electron chi connectivity index (χ2n) is 6.40. The van der Waals surface area contributed by atoms with E-state index in [0.717, 1.165) is 18.9 Å². The van der Waals surface area contributed by atoms with Crippen molar-refractivity contribution in [1.29, 1.82) is 0 Å². The summed E-state index contributed by atoms with van der Waals surface area (Å²) >= 11 is 0. The van der Waals surface area contributed by atoms with Gasteiger partial charge in [-0.3, -0.25) is 0 Å². The van der Waals surface area contributed by atoms with E-state index in [0.29, 0.717) is 12.0 Å². The molecule has 120 valence electrons. The zero-order valence-corrected chi connectivity index (χ0v) is 13.7. The number of rotatable bonds is 7. The first-order valence-corrected chi connectivity index (χ1v) is 8.39. The average molecular weight is 294 g/mol. The minimum atomic E-state index is -0.00486. The molecule has 0 saturated heterocycles. The molecule has 5 nitrogen and oxygen atoms in total. The molecule has 2 rings (SSSR count). The van der Waals surface area contributed by atoms with Gasteiger partial charge in [-0.1, -0.05) is 19.3 Å². The predicted molar refractivity (Wildman–Crippen MR) is 84.1 cm³/mol. The number of ether oxygens (including phenoxy) is 1. The molecule has 0 aromatic carbocycles. The van der Waals surface area contributed by atoms with E-state index < -0.39 is 0 Å². The van der Waals surface area contributed by atoms with E-state index >= 15 is 0 Å². The van der Waals surface area contributed by atoms with Crippen LogP contribution in [0.2, 0.25) is 0 Å². The second kappa shape index (κ2) is 7.90. The summed E-state index contributed by atoms with van der Waals surface area (Å²) in [4.78, 5) is 4.38. The van der Waals surface area contributed by atoms with Crippen molar-refractivity contribution >= 4 is 0 Å². The van der Waals surface area contributed by atoms with E-state index in [1.165, 1.54) is 32.1 Å². The molecular weight excluding hydrogens is 264 g/mol. The van der Waals surface area contributed by atoms with Gasteiger partial charge in [0.25, 0.3) is 0 Å². The minimum absolute atomic E-state index is 0.00486. The molecule has 0 aliphatic heterocycles. The third-order valence-corrected chi connectivity index (χ3v) is 4.45. The fourth-order valence-corrected chi connectivity index (χ4v) is 3.44. The molecule has 2 atom stereocenters. The second-order valence-corrected chi connectivity index (χ2v) is 6.40. The van der Waals surface area contributed by atoms with Crippen molar-refractivity contribution in [3.05, 3.63) is 12.2 Å². The third kappa shape index (κ3) is 4.27. The predicted octanol–water partition coefficient (Wildman–Crippen LogP) is 2.71. The van der Waals surface area contributed by atoms with Crippen LogP contribution in [0.5, 0.6) is 0 Å². The van der Waals surface area contributed by atoms with Crippen molar-refractivity contribution in [2.45, 2.75) is 77.5 Å². The number of nitrogens with two attached hydrogens (primary N) is 1. The van der Waals surface area contributed by atoms with Crippen LogP contribution in [0, 0.1) is 5.92 Å². The first kappa shape index (κ1) is 16.4. The van der Waals surface area contributed by atoms with Crippen LogP contribution in [0.25, 0.3) is 0 Å². The summed E-state index contributed by atoms with van der Waals surface area (Å²) in [6.45, 7) is 7.01. The van der Waals surface area contributed by atoms with Crippen LogP contribution in [-0.2, 0) is 11.2 Å². The van der Waals surface area contributed by atoms with Crippen LogP contribution in [0.3, 0.4) is 0 Å². The van der Waals surface area contributed by atoms with Crippen molar-refractivity contribution in [3.63, 3.8) is 0 Å². The maximum Gasteiger partial charge on any atom is 0.138 e. The maximum atomic E-state index is 6.49. The molecule has 1 saturated carbocycles. The van der Waals surface area contributed by atoms with Gasteiger partial charge in [0, 0.05) is 25.1 Å². The normalized spacial score (nSPS) is 19.9. The molecular formula is C16H30N4O. The molecule has 0 bridgehead atoms. The Hall–Kier alpha value is -0.940. The molecule has 1 heterocycles. The fourth-order valence-electron chi connectivity index (χ4n) is 3.44. The zero-order chi connectivity index (χ0) is 15.2. The standard InChI is InChI=1S/C16H30N4O/c1-4-21-16(13-8-6-5-7-9-13)14(17)10-15-18-11-19-20(15)12(2)3/h11-14,16H,4-10,17H2,1-3H3. The summed E-state index contributed by atoms with van der Waals surface area (Å²) in [6, 6.07) is 0.310. The Morgan fingerprint density at radius 2 is 2.05 bits per heavy atom. The lowest BCUT2D eigenvalue weighted by Gasteiger charge is -2.33. The highest BCUT2D eigenvalue weighted by Gasteiger charge is 2.30. The topological polar surface area (TPSA) is 66.0 Å². The lowest BCUT2D eigenvalue weighted by molar-refractivity contribution is -0.00969. The number of hydrogen-bond donors (Lipinski definition) is 1. The summed E-state index contributed by atoms with van der Waals surface area (Å²) in [5.41, 5.74) is 6.49. The van der Waals surface area contributed by atoms with Crippen LogP contribution < -0.4 is 5.73 Å². The molecule has 21 heavy (non-hydrogen) atoms. The summed E-state index contributed by atoms with van der Waals surface area (Å²) in [5.74, 6) is 1.57. The van der Waals surface area contributed by atoms with Crippen molar-refractivity contribution in [2.24, 2.45) is 11.7 Å². The lowest BCUT2D eigenvalue weighted by atomic mass is 9.82. The first-order chi connectivity index (χ1) is 10.1. The zero-order valence-electron chi connectivity index (χ0n) is 13.7. The van der Waals surface area contributed by atoms with E-state index in [9.17, 15) is 0 Å². The number of aromatic nitrogens is 3. The largest absolute Gasteiger partial charge is 0.377 e. The molecule has 1 aliphatic rings. The van der Waals surface area contributed by atoms with Gasteiger partial charge in [0.05, 0.1) is 6.10 Å². The summed E-state index contributed by atoms with van der Waals surface area (Å²) < 4.78 is 7.97. The fraction of sp³-hybridized carbons (Fsp3) is 0.875. The van der Waals surface area contributed by atoms with Crippen LogP contribution in [-0.4, -0.2) is 33.5 Å². The van der Waals surface area contributed by atoms with Crippen LogP contribution in [0.1, 0.15) is 64.7 Å². The number of nitrogens with zero attached hydrogens (tertiary/aromatic N) is 3. The van der Waals surface area contributed by atoms with E-state index in [1.54, 1.807) is 6.33 Å². The molecule has 0 spiro atoms. The van der Waals surface area contributed by atoms with Gasteiger partial charge >= 0.3 is 0 Å². The maximum absolute atomic E-state index is 6.49. The molecule has 1 fully saturated rings. The van der Waals surface area contributed by atoms with E-state index in [1.807, 2.05) is 4.68 Å². The van der Waals surface area contributed by atoms with Gasteiger partial charge in [-0.25, -0.2) is 9.67 Å². The summed E-state index contributed by atoms with van der Waals surface area (Å²) in [5, 5.41) is 4.30. The van der Waals surface area contributed by atoms with Crippen molar-refractivity contribution in [1.82, 2.24) is 14.8 Å². The monoisotopic (exact) mass is 294 g/mol. The third-order valence-electron chi connectivity index (χ3n) is 4.45. The summed E-state index contributed by atoms with van der Waals surface area (Å²) in [6.07, 6.45) is 8.97. The highest BCUT2D eigenvalue weighted by atomic mass is 16.5. The Bertz CT molecular complexity index is 412. The van der Waals surface area contributed by atoms with Gasteiger partial charge < -0.3 is 10.5 Å². The van der Waals surface area contributed by atoms with E-state index in [2.05, 4.69) is 30.9 Å². The van der Waals surface area contributed by atoms with E-state index in [4.69, 9.17) is 10.5 Å². The molecule has 0 amide bonds. The van der Waals surface area contributed by atoms with Crippen molar-refractivity contribution in [3.8, 4) is 0 Å². The highest BCUT2D eigenvalue weighted by Crippen LogP contribution is 2.29. The van der Waals surface area contributed by atoms with Crippen molar-refractivity contribution in [2.75, 3.05) is 6.61 Å². The SMILES string of the molecule is CCOC(C(N)Cc1ncnn1C(C)C)C1CCCCC1.